The van der Waals surface area contributed by atoms with E-state index in [1.807, 2.05) is 25.3 Å². The molecule has 1 aromatic heterocycles. The minimum Gasteiger partial charge on any atom is -0.497 e. The first-order valence-electron chi connectivity index (χ1n) is 7.35. The Hall–Kier alpha value is -2.07. The highest BCUT2D eigenvalue weighted by molar-refractivity contribution is 5.41. The number of hydrogen-bond acceptors (Lipinski definition) is 4. The van der Waals surface area contributed by atoms with E-state index in [0.717, 1.165) is 41.4 Å². The first-order chi connectivity index (χ1) is 10.5. The van der Waals surface area contributed by atoms with Crippen molar-refractivity contribution in [2.75, 3.05) is 21.3 Å². The van der Waals surface area contributed by atoms with Gasteiger partial charge in [-0.2, -0.15) is 0 Å². The lowest BCUT2D eigenvalue weighted by Gasteiger charge is -2.19. The Balaban J connectivity index is 2.10. The van der Waals surface area contributed by atoms with Gasteiger partial charge in [-0.25, -0.2) is 0 Å². The zero-order valence-electron chi connectivity index (χ0n) is 14.0. The molecule has 0 spiro atoms. The topological polar surface area (TPSA) is 34.6 Å². The van der Waals surface area contributed by atoms with Crippen molar-refractivity contribution in [2.24, 2.45) is 0 Å². The number of pyridine rings is 1. The predicted molar refractivity (Wildman–Crippen MR) is 88.4 cm³/mol. The lowest BCUT2D eigenvalue weighted by molar-refractivity contribution is 0.312. The Bertz CT molecular complexity index is 641. The summed E-state index contributed by atoms with van der Waals surface area (Å²) in [4.78, 5) is 6.79. The van der Waals surface area contributed by atoms with Crippen LogP contribution in [0.25, 0.3) is 0 Å². The summed E-state index contributed by atoms with van der Waals surface area (Å²) in [5.74, 6) is 1.82. The highest BCUT2D eigenvalue weighted by Crippen LogP contribution is 2.25. The summed E-state index contributed by atoms with van der Waals surface area (Å²) in [7, 11) is 5.49. The van der Waals surface area contributed by atoms with Gasteiger partial charge in [0, 0.05) is 30.4 Å². The van der Waals surface area contributed by atoms with Gasteiger partial charge in [0.1, 0.15) is 11.5 Å². The van der Waals surface area contributed by atoms with Crippen LogP contribution >= 0.6 is 0 Å². The van der Waals surface area contributed by atoms with Gasteiger partial charge in [-0.1, -0.05) is 12.1 Å². The van der Waals surface area contributed by atoms with Crippen molar-refractivity contribution in [3.8, 4) is 11.5 Å². The second-order valence-corrected chi connectivity index (χ2v) is 5.57. The molecular formula is C18H24N2O2. The van der Waals surface area contributed by atoms with Crippen LogP contribution in [0.3, 0.4) is 0 Å². The number of hydrogen-bond donors (Lipinski definition) is 0. The molecule has 0 N–H and O–H groups in total. The third-order valence-electron chi connectivity index (χ3n) is 3.76. The third kappa shape index (κ3) is 3.77. The van der Waals surface area contributed by atoms with E-state index >= 15 is 0 Å². The van der Waals surface area contributed by atoms with Crippen LogP contribution in [0.5, 0.6) is 11.5 Å². The van der Waals surface area contributed by atoms with Crippen molar-refractivity contribution in [3.63, 3.8) is 0 Å². The molecule has 2 aromatic rings. The smallest absolute Gasteiger partial charge is 0.128 e. The lowest BCUT2D eigenvalue weighted by Crippen LogP contribution is -2.19. The number of nitrogens with zero attached hydrogens (tertiary/aromatic N) is 2. The molecule has 0 aliphatic heterocycles. The van der Waals surface area contributed by atoms with Crippen molar-refractivity contribution in [1.82, 2.24) is 9.88 Å². The van der Waals surface area contributed by atoms with Gasteiger partial charge < -0.3 is 9.47 Å². The number of benzene rings is 1. The van der Waals surface area contributed by atoms with Gasteiger partial charge in [-0.15, -0.1) is 0 Å². The highest BCUT2D eigenvalue weighted by atomic mass is 16.5. The summed E-state index contributed by atoms with van der Waals surface area (Å²) >= 11 is 0. The predicted octanol–water partition coefficient (Wildman–Crippen LogP) is 3.35. The molecule has 0 saturated heterocycles. The average Bonchev–Trinajstić information content (AvgIpc) is 2.51. The SMILES string of the molecule is COc1cccc(CN(C)Cc2ncc(C)c(OC)c2C)c1. The fourth-order valence-corrected chi connectivity index (χ4v) is 2.62. The van der Waals surface area contributed by atoms with Crippen LogP contribution in [0.1, 0.15) is 22.4 Å². The Labute approximate surface area is 132 Å². The van der Waals surface area contributed by atoms with Gasteiger partial charge in [0.2, 0.25) is 0 Å². The van der Waals surface area contributed by atoms with Gasteiger partial charge in [0.15, 0.2) is 0 Å². The first-order valence-corrected chi connectivity index (χ1v) is 7.35. The van der Waals surface area contributed by atoms with Crippen molar-refractivity contribution < 1.29 is 9.47 Å². The van der Waals surface area contributed by atoms with E-state index in [1.165, 1.54) is 5.56 Å². The van der Waals surface area contributed by atoms with Crippen LogP contribution in [-0.4, -0.2) is 31.2 Å². The Morgan fingerprint density at radius 1 is 1.09 bits per heavy atom. The van der Waals surface area contributed by atoms with Crippen molar-refractivity contribution in [3.05, 3.63) is 52.8 Å². The molecule has 0 radical (unpaired) electrons. The van der Waals surface area contributed by atoms with E-state index in [9.17, 15) is 0 Å². The van der Waals surface area contributed by atoms with Crippen LogP contribution in [0.4, 0.5) is 0 Å². The number of aromatic nitrogens is 1. The molecule has 0 aliphatic carbocycles. The molecule has 0 atom stereocenters. The van der Waals surface area contributed by atoms with Crippen LogP contribution in [-0.2, 0) is 13.1 Å². The molecule has 0 saturated carbocycles. The molecule has 1 aromatic carbocycles. The molecule has 4 heteroatoms. The summed E-state index contributed by atoms with van der Waals surface area (Å²) < 4.78 is 10.7. The molecule has 0 unspecified atom stereocenters. The second-order valence-electron chi connectivity index (χ2n) is 5.57. The molecule has 2 rings (SSSR count). The summed E-state index contributed by atoms with van der Waals surface area (Å²) in [5.41, 5.74) is 4.45. The number of rotatable bonds is 6. The molecule has 118 valence electrons. The van der Waals surface area contributed by atoms with E-state index in [0.29, 0.717) is 0 Å². The molecule has 4 nitrogen and oxygen atoms in total. The number of ether oxygens (including phenoxy) is 2. The van der Waals surface area contributed by atoms with Gasteiger partial charge >= 0.3 is 0 Å². The number of aryl methyl sites for hydroxylation is 1. The average molecular weight is 300 g/mol. The summed E-state index contributed by atoms with van der Waals surface area (Å²) in [6, 6.07) is 8.14. The van der Waals surface area contributed by atoms with Gasteiger partial charge in [-0.3, -0.25) is 9.88 Å². The van der Waals surface area contributed by atoms with Crippen LogP contribution in [0, 0.1) is 13.8 Å². The molecular weight excluding hydrogens is 276 g/mol. The fourth-order valence-electron chi connectivity index (χ4n) is 2.62. The van der Waals surface area contributed by atoms with Gasteiger partial charge in [0.25, 0.3) is 0 Å². The molecule has 0 amide bonds. The van der Waals surface area contributed by atoms with Crippen LogP contribution in [0.2, 0.25) is 0 Å². The molecule has 22 heavy (non-hydrogen) atoms. The standard InChI is InChI=1S/C18H24N2O2/c1-13-10-19-17(14(2)18(13)22-5)12-20(3)11-15-7-6-8-16(9-15)21-4/h6-10H,11-12H2,1-5H3. The number of methoxy groups -OCH3 is 2. The van der Waals surface area contributed by atoms with E-state index < -0.39 is 0 Å². The van der Waals surface area contributed by atoms with Crippen molar-refractivity contribution in [1.29, 1.82) is 0 Å². The minimum atomic E-state index is 0.777. The summed E-state index contributed by atoms with van der Waals surface area (Å²) in [6.07, 6.45) is 1.88. The maximum atomic E-state index is 5.47. The Morgan fingerprint density at radius 2 is 1.86 bits per heavy atom. The third-order valence-corrected chi connectivity index (χ3v) is 3.76. The summed E-state index contributed by atoms with van der Waals surface area (Å²) in [6.45, 7) is 5.70. The molecule has 0 bridgehead atoms. The lowest BCUT2D eigenvalue weighted by atomic mass is 10.1. The van der Waals surface area contributed by atoms with Gasteiger partial charge in [0.05, 0.1) is 19.9 Å². The van der Waals surface area contributed by atoms with Gasteiger partial charge in [-0.05, 0) is 38.6 Å². The largest absolute Gasteiger partial charge is 0.497 e. The molecule has 1 heterocycles. The van der Waals surface area contributed by atoms with Crippen LogP contribution < -0.4 is 9.47 Å². The zero-order chi connectivity index (χ0) is 16.1. The Kier molecular flexibility index (Phi) is 5.39. The first kappa shape index (κ1) is 16.3. The van der Waals surface area contributed by atoms with Crippen molar-refractivity contribution in [2.45, 2.75) is 26.9 Å². The summed E-state index contributed by atoms with van der Waals surface area (Å²) in [5, 5.41) is 0. The van der Waals surface area contributed by atoms with E-state index in [4.69, 9.17) is 9.47 Å². The molecule has 0 aliphatic rings. The second kappa shape index (κ2) is 7.27. The maximum Gasteiger partial charge on any atom is 0.128 e. The van der Waals surface area contributed by atoms with Crippen molar-refractivity contribution >= 4 is 0 Å². The molecule has 0 fully saturated rings. The quantitative estimate of drug-likeness (QED) is 0.819. The normalized spacial score (nSPS) is 10.8. The van der Waals surface area contributed by atoms with E-state index in [2.05, 4.69) is 36.0 Å². The zero-order valence-corrected chi connectivity index (χ0v) is 14.0. The fraction of sp³-hybridized carbons (Fsp3) is 0.389. The Morgan fingerprint density at radius 3 is 2.55 bits per heavy atom. The van der Waals surface area contributed by atoms with E-state index in [1.54, 1.807) is 14.2 Å². The van der Waals surface area contributed by atoms with Crippen LogP contribution in [0.15, 0.2) is 30.5 Å². The highest BCUT2D eigenvalue weighted by Gasteiger charge is 2.11. The van der Waals surface area contributed by atoms with E-state index in [-0.39, 0.29) is 0 Å². The maximum absolute atomic E-state index is 5.47. The monoisotopic (exact) mass is 300 g/mol. The minimum absolute atomic E-state index is 0.777.